The topological polar surface area (TPSA) is 47.5 Å². The van der Waals surface area contributed by atoms with Gasteiger partial charge in [0.15, 0.2) is 0 Å². The molecular formula is C16H24ClN3O. The third-order valence-corrected chi connectivity index (χ3v) is 4.91. The Balaban J connectivity index is 1.63. The van der Waals surface area contributed by atoms with Crippen LogP contribution in [0.25, 0.3) is 0 Å². The zero-order chi connectivity index (χ0) is 14.7. The summed E-state index contributed by atoms with van der Waals surface area (Å²) in [5.41, 5.74) is 2.44. The van der Waals surface area contributed by atoms with Gasteiger partial charge in [0.25, 0.3) is 0 Å². The molecule has 0 aromatic heterocycles. The van der Waals surface area contributed by atoms with Crippen LogP contribution in [0.15, 0.2) is 18.2 Å². The molecule has 116 valence electrons. The normalized spacial score (nSPS) is 25.7. The summed E-state index contributed by atoms with van der Waals surface area (Å²) in [6.45, 7) is 5.41. The molecule has 2 heterocycles. The number of benzene rings is 1. The van der Waals surface area contributed by atoms with E-state index in [9.17, 15) is 5.11 Å². The Kier molecular flexibility index (Phi) is 5.01. The second-order valence-corrected chi connectivity index (χ2v) is 6.46. The minimum Gasteiger partial charge on any atom is -0.391 e. The van der Waals surface area contributed by atoms with Gasteiger partial charge >= 0.3 is 0 Å². The minimum absolute atomic E-state index is 0.234. The molecule has 0 radical (unpaired) electrons. The second kappa shape index (κ2) is 6.97. The van der Waals surface area contributed by atoms with E-state index in [1.165, 1.54) is 24.1 Å². The Labute approximate surface area is 131 Å². The van der Waals surface area contributed by atoms with E-state index in [-0.39, 0.29) is 6.10 Å². The van der Waals surface area contributed by atoms with Gasteiger partial charge in [0.05, 0.1) is 6.10 Å². The molecule has 1 aromatic carbocycles. The van der Waals surface area contributed by atoms with E-state index >= 15 is 0 Å². The van der Waals surface area contributed by atoms with Crippen LogP contribution in [0.1, 0.15) is 18.4 Å². The van der Waals surface area contributed by atoms with Gasteiger partial charge in [-0.3, -0.25) is 0 Å². The van der Waals surface area contributed by atoms with Crippen molar-refractivity contribution in [1.29, 1.82) is 0 Å². The van der Waals surface area contributed by atoms with Gasteiger partial charge in [-0.1, -0.05) is 17.7 Å². The van der Waals surface area contributed by atoms with Gasteiger partial charge in [-0.05, 0) is 25.0 Å². The second-order valence-electron chi connectivity index (χ2n) is 6.05. The molecule has 5 heteroatoms. The first-order valence-corrected chi connectivity index (χ1v) is 8.25. The standard InChI is InChI=1S/C16H24ClN3O/c17-14-4-3-5-15(20-6-1-2-7-20)13(14)10-18-8-12-9-19-11-16(12)21/h3-5,12,16,18-19,21H,1-2,6-11H2. The fourth-order valence-corrected chi connectivity index (χ4v) is 3.52. The molecule has 2 aliphatic heterocycles. The number of aliphatic hydroxyl groups excluding tert-OH is 1. The number of aliphatic hydroxyl groups is 1. The molecule has 0 spiro atoms. The molecule has 0 aliphatic carbocycles. The van der Waals surface area contributed by atoms with Gasteiger partial charge < -0.3 is 20.6 Å². The predicted molar refractivity (Wildman–Crippen MR) is 87.0 cm³/mol. The zero-order valence-electron chi connectivity index (χ0n) is 12.3. The average molecular weight is 310 g/mol. The Hall–Kier alpha value is -0.810. The number of hydrogen-bond acceptors (Lipinski definition) is 4. The van der Waals surface area contributed by atoms with Crippen LogP contribution in [0.3, 0.4) is 0 Å². The molecule has 4 nitrogen and oxygen atoms in total. The monoisotopic (exact) mass is 309 g/mol. The largest absolute Gasteiger partial charge is 0.391 e. The summed E-state index contributed by atoms with van der Waals surface area (Å²) in [5.74, 6) is 0.294. The third kappa shape index (κ3) is 3.51. The molecule has 2 unspecified atom stereocenters. The van der Waals surface area contributed by atoms with Crippen molar-refractivity contribution in [2.45, 2.75) is 25.5 Å². The summed E-state index contributed by atoms with van der Waals surface area (Å²) < 4.78 is 0. The maximum absolute atomic E-state index is 9.83. The minimum atomic E-state index is -0.234. The Morgan fingerprint density at radius 1 is 1.29 bits per heavy atom. The van der Waals surface area contributed by atoms with Gasteiger partial charge in [0.2, 0.25) is 0 Å². The highest BCUT2D eigenvalue weighted by atomic mass is 35.5. The first kappa shape index (κ1) is 15.1. The third-order valence-electron chi connectivity index (χ3n) is 4.55. The smallest absolute Gasteiger partial charge is 0.0716 e. The van der Waals surface area contributed by atoms with Crippen molar-refractivity contribution < 1.29 is 5.11 Å². The summed E-state index contributed by atoms with van der Waals surface area (Å²) in [4.78, 5) is 2.43. The summed E-state index contributed by atoms with van der Waals surface area (Å²) in [6.07, 6.45) is 2.29. The lowest BCUT2D eigenvalue weighted by molar-refractivity contribution is 0.146. The maximum atomic E-state index is 9.83. The first-order chi connectivity index (χ1) is 10.3. The van der Waals surface area contributed by atoms with E-state index in [1.807, 2.05) is 12.1 Å². The molecular weight excluding hydrogens is 286 g/mol. The van der Waals surface area contributed by atoms with Crippen molar-refractivity contribution in [3.05, 3.63) is 28.8 Å². The summed E-state index contributed by atoms with van der Waals surface area (Å²) in [5, 5.41) is 17.3. The van der Waals surface area contributed by atoms with E-state index in [4.69, 9.17) is 11.6 Å². The number of nitrogens with one attached hydrogen (secondary N) is 2. The highest BCUT2D eigenvalue weighted by Crippen LogP contribution is 2.30. The lowest BCUT2D eigenvalue weighted by Crippen LogP contribution is -2.31. The van der Waals surface area contributed by atoms with Crippen LogP contribution in [0.4, 0.5) is 5.69 Å². The van der Waals surface area contributed by atoms with Crippen LogP contribution < -0.4 is 15.5 Å². The number of nitrogens with zero attached hydrogens (tertiary/aromatic N) is 1. The van der Waals surface area contributed by atoms with E-state index in [0.717, 1.165) is 37.7 Å². The Bertz CT molecular complexity index is 477. The van der Waals surface area contributed by atoms with Gasteiger partial charge in [-0.25, -0.2) is 0 Å². The number of hydrogen-bond donors (Lipinski definition) is 3. The van der Waals surface area contributed by atoms with Crippen molar-refractivity contribution in [3.63, 3.8) is 0 Å². The fourth-order valence-electron chi connectivity index (χ4n) is 3.29. The molecule has 0 saturated carbocycles. The fraction of sp³-hybridized carbons (Fsp3) is 0.625. The number of rotatable bonds is 5. The van der Waals surface area contributed by atoms with Crippen LogP contribution >= 0.6 is 11.6 Å². The quantitative estimate of drug-likeness (QED) is 0.773. The molecule has 0 amide bonds. The SMILES string of the molecule is OC1CNCC1CNCc1c(Cl)cccc1N1CCCC1. The van der Waals surface area contributed by atoms with E-state index in [2.05, 4.69) is 21.6 Å². The van der Waals surface area contributed by atoms with Gasteiger partial charge in [0, 0.05) is 61.5 Å². The number of halogens is 1. The van der Waals surface area contributed by atoms with Crippen molar-refractivity contribution in [2.75, 3.05) is 37.6 Å². The lowest BCUT2D eigenvalue weighted by atomic mass is 10.1. The lowest BCUT2D eigenvalue weighted by Gasteiger charge is -2.23. The van der Waals surface area contributed by atoms with Crippen molar-refractivity contribution in [3.8, 4) is 0 Å². The van der Waals surface area contributed by atoms with Crippen LogP contribution in [-0.4, -0.2) is 43.9 Å². The van der Waals surface area contributed by atoms with Crippen LogP contribution in [0.2, 0.25) is 5.02 Å². The molecule has 2 atom stereocenters. The molecule has 2 fully saturated rings. The highest BCUT2D eigenvalue weighted by molar-refractivity contribution is 6.31. The molecule has 2 aliphatic rings. The Morgan fingerprint density at radius 3 is 2.81 bits per heavy atom. The molecule has 0 bridgehead atoms. The highest BCUT2D eigenvalue weighted by Gasteiger charge is 2.24. The summed E-state index contributed by atoms with van der Waals surface area (Å²) >= 11 is 6.40. The molecule has 3 N–H and O–H groups in total. The number of β-amino-alcohol motifs (C(OH)–C–C–N with tert-alkyl or cyclic N) is 1. The first-order valence-electron chi connectivity index (χ1n) is 7.87. The van der Waals surface area contributed by atoms with Gasteiger partial charge in [-0.2, -0.15) is 0 Å². The van der Waals surface area contributed by atoms with E-state index < -0.39 is 0 Å². The molecule has 2 saturated heterocycles. The zero-order valence-corrected chi connectivity index (χ0v) is 13.1. The van der Waals surface area contributed by atoms with E-state index in [0.29, 0.717) is 12.5 Å². The predicted octanol–water partition coefficient (Wildman–Crippen LogP) is 1.61. The maximum Gasteiger partial charge on any atom is 0.0716 e. The van der Waals surface area contributed by atoms with Crippen LogP contribution in [0.5, 0.6) is 0 Å². The summed E-state index contributed by atoms with van der Waals surface area (Å²) in [7, 11) is 0. The molecule has 1 aromatic rings. The van der Waals surface area contributed by atoms with E-state index in [1.54, 1.807) is 0 Å². The molecule has 21 heavy (non-hydrogen) atoms. The Morgan fingerprint density at radius 2 is 2.10 bits per heavy atom. The van der Waals surface area contributed by atoms with Crippen molar-refractivity contribution in [2.24, 2.45) is 5.92 Å². The van der Waals surface area contributed by atoms with Gasteiger partial charge in [0.1, 0.15) is 0 Å². The molecule has 3 rings (SSSR count). The van der Waals surface area contributed by atoms with Crippen molar-refractivity contribution in [1.82, 2.24) is 10.6 Å². The number of anilines is 1. The van der Waals surface area contributed by atoms with Crippen molar-refractivity contribution >= 4 is 17.3 Å². The van der Waals surface area contributed by atoms with Gasteiger partial charge in [-0.15, -0.1) is 0 Å². The summed E-state index contributed by atoms with van der Waals surface area (Å²) in [6, 6.07) is 6.16. The average Bonchev–Trinajstić information content (AvgIpc) is 3.13. The van der Waals surface area contributed by atoms with Crippen LogP contribution in [-0.2, 0) is 6.54 Å². The van der Waals surface area contributed by atoms with Crippen LogP contribution in [0, 0.1) is 5.92 Å².